The fourth-order valence-corrected chi connectivity index (χ4v) is 2.72. The number of anilines is 1. The standard InChI is InChI=1S/C17H29N3O/c1-6-14(7-2)20(11-12(3)4)16-10-13(5)8-9-15(16)17(18)19-21/h8-10,12,14,21H,6-7,11H2,1-5H3,(H2,18,19). The molecule has 0 bridgehead atoms. The lowest BCUT2D eigenvalue weighted by Gasteiger charge is -2.35. The summed E-state index contributed by atoms with van der Waals surface area (Å²) in [6.45, 7) is 11.9. The first-order chi connectivity index (χ1) is 9.94. The molecule has 0 aliphatic heterocycles. The summed E-state index contributed by atoms with van der Waals surface area (Å²) in [6, 6.07) is 6.53. The van der Waals surface area contributed by atoms with E-state index in [0.29, 0.717) is 12.0 Å². The van der Waals surface area contributed by atoms with E-state index in [1.165, 1.54) is 5.56 Å². The minimum absolute atomic E-state index is 0.171. The van der Waals surface area contributed by atoms with Crippen LogP contribution in [0.25, 0.3) is 0 Å². The maximum Gasteiger partial charge on any atom is 0.172 e. The highest BCUT2D eigenvalue weighted by Gasteiger charge is 2.21. The van der Waals surface area contributed by atoms with E-state index in [-0.39, 0.29) is 5.84 Å². The van der Waals surface area contributed by atoms with Crippen molar-refractivity contribution in [1.29, 1.82) is 0 Å². The molecule has 0 saturated carbocycles. The van der Waals surface area contributed by atoms with Gasteiger partial charge in [0.15, 0.2) is 5.84 Å². The molecule has 118 valence electrons. The fraction of sp³-hybridized carbons (Fsp3) is 0.588. The van der Waals surface area contributed by atoms with E-state index in [9.17, 15) is 0 Å². The highest BCUT2D eigenvalue weighted by molar-refractivity contribution is 6.02. The number of hydrogen-bond donors (Lipinski definition) is 2. The second-order valence-electron chi connectivity index (χ2n) is 6.02. The Hall–Kier alpha value is -1.71. The highest BCUT2D eigenvalue weighted by atomic mass is 16.4. The highest BCUT2D eigenvalue weighted by Crippen LogP contribution is 2.27. The van der Waals surface area contributed by atoms with Gasteiger partial charge in [0.1, 0.15) is 0 Å². The number of amidine groups is 1. The van der Waals surface area contributed by atoms with Crippen LogP contribution >= 0.6 is 0 Å². The third kappa shape index (κ3) is 4.38. The van der Waals surface area contributed by atoms with Crippen LogP contribution in [0.3, 0.4) is 0 Å². The zero-order valence-electron chi connectivity index (χ0n) is 13.9. The van der Waals surface area contributed by atoms with Gasteiger partial charge in [0.2, 0.25) is 0 Å². The van der Waals surface area contributed by atoms with Crippen LogP contribution in [0.2, 0.25) is 0 Å². The van der Waals surface area contributed by atoms with Crippen molar-refractivity contribution >= 4 is 11.5 Å². The SMILES string of the molecule is CCC(CC)N(CC(C)C)c1cc(C)ccc1C(N)=NO. The molecule has 0 fully saturated rings. The smallest absolute Gasteiger partial charge is 0.172 e. The number of rotatable bonds is 7. The molecule has 3 N–H and O–H groups in total. The monoisotopic (exact) mass is 291 g/mol. The third-order valence-corrected chi connectivity index (χ3v) is 3.79. The summed E-state index contributed by atoms with van der Waals surface area (Å²) in [5.74, 6) is 0.718. The van der Waals surface area contributed by atoms with E-state index in [1.807, 2.05) is 12.1 Å². The van der Waals surface area contributed by atoms with Crippen molar-refractivity contribution in [2.45, 2.75) is 53.5 Å². The van der Waals surface area contributed by atoms with E-state index in [4.69, 9.17) is 10.9 Å². The maximum atomic E-state index is 9.04. The van der Waals surface area contributed by atoms with Crippen LogP contribution in [0, 0.1) is 12.8 Å². The molecule has 0 aliphatic rings. The molecule has 0 radical (unpaired) electrons. The predicted octanol–water partition coefficient (Wildman–Crippen LogP) is 3.74. The number of aryl methyl sites for hydroxylation is 1. The maximum absolute atomic E-state index is 9.04. The Morgan fingerprint density at radius 2 is 1.90 bits per heavy atom. The molecule has 0 aromatic heterocycles. The van der Waals surface area contributed by atoms with Gasteiger partial charge in [-0.05, 0) is 43.4 Å². The predicted molar refractivity (Wildman–Crippen MR) is 90.2 cm³/mol. The summed E-state index contributed by atoms with van der Waals surface area (Å²) < 4.78 is 0. The average molecular weight is 291 g/mol. The molecule has 0 saturated heterocycles. The van der Waals surface area contributed by atoms with Crippen LogP contribution in [0.1, 0.15) is 51.7 Å². The van der Waals surface area contributed by atoms with Gasteiger partial charge in [0.25, 0.3) is 0 Å². The molecule has 0 unspecified atom stereocenters. The van der Waals surface area contributed by atoms with Gasteiger partial charge in [-0.2, -0.15) is 0 Å². The number of nitrogens with two attached hydrogens (primary N) is 1. The van der Waals surface area contributed by atoms with Gasteiger partial charge in [0, 0.05) is 23.8 Å². The molecule has 1 aromatic carbocycles. The largest absolute Gasteiger partial charge is 0.409 e. The van der Waals surface area contributed by atoms with Crippen molar-refractivity contribution in [2.75, 3.05) is 11.4 Å². The van der Waals surface area contributed by atoms with Crippen molar-refractivity contribution in [1.82, 2.24) is 0 Å². The number of hydrogen-bond acceptors (Lipinski definition) is 3. The van der Waals surface area contributed by atoms with Crippen molar-refractivity contribution in [3.63, 3.8) is 0 Å². The normalized spacial score (nSPS) is 12.2. The molecular weight excluding hydrogens is 262 g/mol. The number of oxime groups is 1. The van der Waals surface area contributed by atoms with Gasteiger partial charge in [-0.1, -0.05) is 38.9 Å². The molecule has 1 rings (SSSR count). The zero-order chi connectivity index (χ0) is 16.0. The minimum atomic E-state index is 0.171. The van der Waals surface area contributed by atoms with Crippen LogP contribution in [0.4, 0.5) is 5.69 Å². The topological polar surface area (TPSA) is 61.8 Å². The summed E-state index contributed by atoms with van der Waals surface area (Å²) in [5.41, 5.74) is 8.91. The van der Waals surface area contributed by atoms with E-state index in [2.05, 4.69) is 50.7 Å². The lowest BCUT2D eigenvalue weighted by atomic mass is 10.0. The van der Waals surface area contributed by atoms with Gasteiger partial charge in [-0.3, -0.25) is 0 Å². The Morgan fingerprint density at radius 3 is 2.38 bits per heavy atom. The Kier molecular flexibility index (Phi) is 6.53. The van der Waals surface area contributed by atoms with Crippen LogP contribution < -0.4 is 10.6 Å². The molecular formula is C17H29N3O. The molecule has 4 nitrogen and oxygen atoms in total. The van der Waals surface area contributed by atoms with E-state index in [1.54, 1.807) is 0 Å². The summed E-state index contributed by atoms with van der Waals surface area (Å²) in [6.07, 6.45) is 2.15. The first-order valence-corrected chi connectivity index (χ1v) is 7.79. The van der Waals surface area contributed by atoms with Crippen molar-refractivity contribution in [3.05, 3.63) is 29.3 Å². The third-order valence-electron chi connectivity index (χ3n) is 3.79. The minimum Gasteiger partial charge on any atom is -0.409 e. The first kappa shape index (κ1) is 17.3. The van der Waals surface area contributed by atoms with E-state index in [0.717, 1.165) is 30.6 Å². The van der Waals surface area contributed by atoms with Gasteiger partial charge in [0.05, 0.1) is 0 Å². The zero-order valence-corrected chi connectivity index (χ0v) is 13.9. The second-order valence-corrected chi connectivity index (χ2v) is 6.02. The molecule has 0 aliphatic carbocycles. The van der Waals surface area contributed by atoms with E-state index < -0.39 is 0 Å². The summed E-state index contributed by atoms with van der Waals surface area (Å²) in [5, 5.41) is 12.2. The molecule has 0 heterocycles. The summed E-state index contributed by atoms with van der Waals surface area (Å²) in [7, 11) is 0. The van der Waals surface area contributed by atoms with Gasteiger partial charge < -0.3 is 15.8 Å². The average Bonchev–Trinajstić information content (AvgIpc) is 2.46. The Balaban J connectivity index is 3.37. The van der Waals surface area contributed by atoms with Crippen molar-refractivity contribution in [2.24, 2.45) is 16.8 Å². The lowest BCUT2D eigenvalue weighted by molar-refractivity contribution is 0.318. The Bertz CT molecular complexity index is 479. The van der Waals surface area contributed by atoms with E-state index >= 15 is 0 Å². The van der Waals surface area contributed by atoms with Crippen LogP contribution in [-0.4, -0.2) is 23.6 Å². The summed E-state index contributed by atoms with van der Waals surface area (Å²) in [4.78, 5) is 2.41. The van der Waals surface area contributed by atoms with Crippen molar-refractivity contribution in [3.8, 4) is 0 Å². The van der Waals surface area contributed by atoms with Gasteiger partial charge in [-0.15, -0.1) is 0 Å². The molecule has 1 aromatic rings. The molecule has 0 atom stereocenters. The number of benzene rings is 1. The molecule has 21 heavy (non-hydrogen) atoms. The van der Waals surface area contributed by atoms with Gasteiger partial charge >= 0.3 is 0 Å². The Labute approximate surface area is 128 Å². The van der Waals surface area contributed by atoms with Crippen LogP contribution in [0.15, 0.2) is 23.4 Å². The second kappa shape index (κ2) is 7.91. The van der Waals surface area contributed by atoms with Crippen molar-refractivity contribution < 1.29 is 5.21 Å². The lowest BCUT2D eigenvalue weighted by Crippen LogP contribution is -2.38. The first-order valence-electron chi connectivity index (χ1n) is 7.79. The molecule has 4 heteroatoms. The van der Waals surface area contributed by atoms with Gasteiger partial charge in [-0.25, -0.2) is 0 Å². The van der Waals surface area contributed by atoms with Crippen LogP contribution in [0.5, 0.6) is 0 Å². The molecule has 0 amide bonds. The Morgan fingerprint density at radius 1 is 1.29 bits per heavy atom. The quantitative estimate of drug-likeness (QED) is 0.348. The summed E-state index contributed by atoms with van der Waals surface area (Å²) >= 11 is 0. The fourth-order valence-electron chi connectivity index (χ4n) is 2.72. The number of nitrogens with zero attached hydrogens (tertiary/aromatic N) is 2. The van der Waals surface area contributed by atoms with Crippen LogP contribution in [-0.2, 0) is 0 Å². The molecule has 0 spiro atoms.